The van der Waals surface area contributed by atoms with Crippen LogP contribution in [0.2, 0.25) is 0 Å². The number of hydrogen-bond donors (Lipinski definition) is 2. The number of anilines is 1. The van der Waals surface area contributed by atoms with Gasteiger partial charge in [0.15, 0.2) is 0 Å². The Morgan fingerprint density at radius 2 is 1.91 bits per heavy atom. The second kappa shape index (κ2) is 8.22. The van der Waals surface area contributed by atoms with Crippen molar-refractivity contribution in [2.24, 2.45) is 7.05 Å². The number of carbonyl (C=O) groups excluding carboxylic acids is 1. The van der Waals surface area contributed by atoms with E-state index in [0.717, 1.165) is 33.8 Å². The van der Waals surface area contributed by atoms with Gasteiger partial charge >= 0.3 is 6.03 Å². The summed E-state index contributed by atoms with van der Waals surface area (Å²) in [5, 5.41) is 15.2. The quantitative estimate of drug-likeness (QED) is 0.509. The minimum Gasteiger partial charge on any atom is -0.493 e. The molecule has 0 fully saturated rings. The van der Waals surface area contributed by atoms with E-state index in [2.05, 4.69) is 15.7 Å². The average Bonchev–Trinajstić information content (AvgIpc) is 3.38. The van der Waals surface area contributed by atoms with Gasteiger partial charge in [-0.2, -0.15) is 10.2 Å². The summed E-state index contributed by atoms with van der Waals surface area (Å²) >= 11 is 0. The highest BCUT2D eigenvalue weighted by atomic mass is 16.5. The van der Waals surface area contributed by atoms with Crippen molar-refractivity contribution in [2.45, 2.75) is 19.4 Å². The Labute approximate surface area is 185 Å². The first-order chi connectivity index (χ1) is 15.6. The lowest BCUT2D eigenvalue weighted by Crippen LogP contribution is -2.35. The zero-order valence-electron chi connectivity index (χ0n) is 17.9. The first-order valence-corrected chi connectivity index (χ1v) is 10.5. The molecule has 0 saturated heterocycles. The van der Waals surface area contributed by atoms with Crippen LogP contribution in [0, 0.1) is 6.92 Å². The smallest absolute Gasteiger partial charge is 0.320 e. The van der Waals surface area contributed by atoms with E-state index in [0.29, 0.717) is 18.8 Å². The molecule has 5 rings (SSSR count). The van der Waals surface area contributed by atoms with Gasteiger partial charge in [0.2, 0.25) is 0 Å². The van der Waals surface area contributed by atoms with Crippen molar-refractivity contribution in [2.75, 3.05) is 11.9 Å². The van der Waals surface area contributed by atoms with Gasteiger partial charge in [0.25, 0.3) is 0 Å². The highest BCUT2D eigenvalue weighted by molar-refractivity contribution is 5.91. The van der Waals surface area contributed by atoms with Gasteiger partial charge in [-0.25, -0.2) is 9.48 Å². The molecule has 2 amide bonds. The summed E-state index contributed by atoms with van der Waals surface area (Å²) in [6.07, 6.45) is 4.39. The zero-order valence-corrected chi connectivity index (χ0v) is 17.9. The molecule has 0 spiro atoms. The molecule has 32 heavy (non-hydrogen) atoms. The van der Waals surface area contributed by atoms with Gasteiger partial charge in [-0.3, -0.25) is 10.00 Å². The van der Waals surface area contributed by atoms with Crippen LogP contribution in [0.1, 0.15) is 23.6 Å². The number of para-hydroxylation sites is 2. The van der Waals surface area contributed by atoms with E-state index in [1.807, 2.05) is 74.8 Å². The first-order valence-electron chi connectivity index (χ1n) is 10.5. The Kier molecular flexibility index (Phi) is 5.10. The molecule has 0 aliphatic carbocycles. The van der Waals surface area contributed by atoms with Crippen LogP contribution in [0.15, 0.2) is 67.0 Å². The van der Waals surface area contributed by atoms with Crippen LogP contribution in [0.25, 0.3) is 16.9 Å². The monoisotopic (exact) mass is 428 g/mol. The van der Waals surface area contributed by atoms with Crippen LogP contribution in [0.4, 0.5) is 10.6 Å². The molecule has 2 aromatic heterocycles. The fourth-order valence-corrected chi connectivity index (χ4v) is 4.01. The highest BCUT2D eigenvalue weighted by Gasteiger charge is 2.25. The summed E-state index contributed by atoms with van der Waals surface area (Å²) in [5.41, 5.74) is 4.37. The molecule has 1 atom stereocenters. The van der Waals surface area contributed by atoms with Crippen LogP contribution in [0.5, 0.6) is 5.75 Å². The summed E-state index contributed by atoms with van der Waals surface area (Å²) in [5.74, 6) is 1.43. The molecule has 0 radical (unpaired) electrons. The number of hydrogen-bond acceptors (Lipinski definition) is 4. The van der Waals surface area contributed by atoms with Gasteiger partial charge in [-0.05, 0) is 25.1 Å². The number of amides is 2. The lowest BCUT2D eigenvalue weighted by atomic mass is 10.0. The van der Waals surface area contributed by atoms with E-state index in [1.165, 1.54) is 0 Å². The number of aromatic nitrogens is 4. The maximum atomic E-state index is 13.1. The van der Waals surface area contributed by atoms with Crippen LogP contribution in [-0.4, -0.2) is 32.2 Å². The molecular formula is C24H24N6O2. The van der Waals surface area contributed by atoms with Crippen LogP contribution < -0.4 is 15.4 Å². The Morgan fingerprint density at radius 3 is 2.69 bits per heavy atom. The normalized spacial score (nSPS) is 15.0. The third-order valence-corrected chi connectivity index (χ3v) is 5.60. The number of ether oxygens (including phenoxy) is 1. The number of rotatable bonds is 4. The number of nitrogens with one attached hydrogen (secondary N) is 2. The standard InChI is InChI=1S/C24H24N6O2/c1-16-22(17-14-25-29(2)15-17)28-30(18-8-4-3-5-9-18)23(16)27-24(31)26-20-12-13-32-21-11-7-6-10-19(20)21/h3-11,14-15,20H,12-13H2,1-2H3,(H2,26,27,31). The number of nitrogens with zero attached hydrogens (tertiary/aromatic N) is 4. The number of fused-ring (bicyclic) bond motifs is 1. The Morgan fingerprint density at radius 1 is 1.12 bits per heavy atom. The lowest BCUT2D eigenvalue weighted by molar-refractivity contribution is 0.232. The van der Waals surface area contributed by atoms with Crippen LogP contribution in [0.3, 0.4) is 0 Å². The molecule has 4 aromatic rings. The molecule has 8 heteroatoms. The number of benzene rings is 2. The Bertz CT molecular complexity index is 1260. The molecule has 1 unspecified atom stereocenters. The second-order valence-electron chi connectivity index (χ2n) is 7.80. The molecular weight excluding hydrogens is 404 g/mol. The summed E-state index contributed by atoms with van der Waals surface area (Å²) in [6, 6.07) is 17.1. The number of aryl methyl sites for hydroxylation is 1. The van der Waals surface area contributed by atoms with Crippen molar-refractivity contribution in [3.05, 3.63) is 78.1 Å². The molecule has 0 bridgehead atoms. The molecule has 1 aliphatic heterocycles. The van der Waals surface area contributed by atoms with Crippen molar-refractivity contribution in [3.8, 4) is 22.7 Å². The van der Waals surface area contributed by atoms with E-state index in [-0.39, 0.29) is 12.1 Å². The van der Waals surface area contributed by atoms with Crippen molar-refractivity contribution < 1.29 is 9.53 Å². The number of carbonyl (C=O) groups is 1. The fourth-order valence-electron chi connectivity index (χ4n) is 4.01. The first kappa shape index (κ1) is 19.9. The predicted molar refractivity (Wildman–Crippen MR) is 122 cm³/mol. The van der Waals surface area contributed by atoms with E-state index in [1.54, 1.807) is 15.6 Å². The summed E-state index contributed by atoms with van der Waals surface area (Å²) in [7, 11) is 1.87. The highest BCUT2D eigenvalue weighted by Crippen LogP contribution is 2.33. The van der Waals surface area contributed by atoms with Gasteiger partial charge < -0.3 is 10.1 Å². The van der Waals surface area contributed by atoms with Crippen molar-refractivity contribution >= 4 is 11.8 Å². The van der Waals surface area contributed by atoms with Gasteiger partial charge in [-0.15, -0.1) is 0 Å². The predicted octanol–water partition coefficient (Wildman–Crippen LogP) is 4.23. The Balaban J connectivity index is 1.46. The summed E-state index contributed by atoms with van der Waals surface area (Å²) in [6.45, 7) is 2.52. The maximum absolute atomic E-state index is 13.1. The molecule has 162 valence electrons. The Hall–Kier alpha value is -4.07. The van der Waals surface area contributed by atoms with Crippen molar-refractivity contribution in [1.29, 1.82) is 0 Å². The van der Waals surface area contributed by atoms with E-state index < -0.39 is 0 Å². The second-order valence-corrected chi connectivity index (χ2v) is 7.80. The van der Waals surface area contributed by atoms with Crippen LogP contribution in [-0.2, 0) is 7.05 Å². The largest absolute Gasteiger partial charge is 0.493 e. The van der Waals surface area contributed by atoms with Crippen molar-refractivity contribution in [3.63, 3.8) is 0 Å². The summed E-state index contributed by atoms with van der Waals surface area (Å²) < 4.78 is 9.20. The van der Waals surface area contributed by atoms with Gasteiger partial charge in [0, 0.05) is 36.4 Å². The maximum Gasteiger partial charge on any atom is 0.320 e. The number of urea groups is 1. The third-order valence-electron chi connectivity index (χ3n) is 5.60. The molecule has 2 aromatic carbocycles. The molecule has 2 N–H and O–H groups in total. The van der Waals surface area contributed by atoms with Crippen LogP contribution >= 0.6 is 0 Å². The SMILES string of the molecule is Cc1c(-c2cnn(C)c2)nn(-c2ccccc2)c1NC(=O)NC1CCOc2ccccc21. The lowest BCUT2D eigenvalue weighted by Gasteiger charge is -2.26. The minimum atomic E-state index is -0.287. The van der Waals surface area contributed by atoms with Gasteiger partial charge in [-0.1, -0.05) is 36.4 Å². The molecule has 3 heterocycles. The molecule has 0 saturated carbocycles. The minimum absolute atomic E-state index is 0.119. The molecule has 8 nitrogen and oxygen atoms in total. The average molecular weight is 428 g/mol. The van der Waals surface area contributed by atoms with E-state index >= 15 is 0 Å². The third kappa shape index (κ3) is 3.71. The zero-order chi connectivity index (χ0) is 22.1. The molecule has 1 aliphatic rings. The van der Waals surface area contributed by atoms with Gasteiger partial charge in [0.05, 0.1) is 24.5 Å². The van der Waals surface area contributed by atoms with E-state index in [4.69, 9.17) is 9.84 Å². The van der Waals surface area contributed by atoms with Gasteiger partial charge in [0.1, 0.15) is 17.3 Å². The van der Waals surface area contributed by atoms with Crippen molar-refractivity contribution in [1.82, 2.24) is 24.9 Å². The topological polar surface area (TPSA) is 86.0 Å². The fraction of sp³-hybridized carbons (Fsp3) is 0.208. The summed E-state index contributed by atoms with van der Waals surface area (Å²) in [4.78, 5) is 13.1. The van der Waals surface area contributed by atoms with E-state index in [9.17, 15) is 4.79 Å².